The fourth-order valence-corrected chi connectivity index (χ4v) is 1.41. The fourth-order valence-electron chi connectivity index (χ4n) is 1.41. The Kier molecular flexibility index (Phi) is 1.95. The van der Waals surface area contributed by atoms with Gasteiger partial charge in [-0.25, -0.2) is 0 Å². The standard InChI is InChI=1S/C11H12O3/c1-11(2)7-13-9-5-3-4-8(6-12)10(9)14-11/h3-6H,7H2,1-2H3. The van der Waals surface area contributed by atoms with E-state index in [1.54, 1.807) is 18.2 Å². The molecule has 0 amide bonds. The molecule has 1 aliphatic rings. The van der Waals surface area contributed by atoms with E-state index < -0.39 is 0 Å². The molecule has 74 valence electrons. The van der Waals surface area contributed by atoms with Crippen LogP contribution in [-0.4, -0.2) is 18.5 Å². The number of carbonyl (C=O) groups is 1. The number of para-hydroxylation sites is 1. The molecule has 2 rings (SSSR count). The Morgan fingerprint density at radius 1 is 1.43 bits per heavy atom. The highest BCUT2D eigenvalue weighted by molar-refractivity contribution is 5.81. The van der Waals surface area contributed by atoms with Crippen LogP contribution in [-0.2, 0) is 0 Å². The molecule has 0 unspecified atom stereocenters. The molecule has 1 heterocycles. The number of hydrogen-bond acceptors (Lipinski definition) is 3. The van der Waals surface area contributed by atoms with Crippen molar-refractivity contribution in [1.29, 1.82) is 0 Å². The van der Waals surface area contributed by atoms with Crippen molar-refractivity contribution in [3.63, 3.8) is 0 Å². The van der Waals surface area contributed by atoms with Crippen LogP contribution in [0.15, 0.2) is 18.2 Å². The average molecular weight is 192 g/mol. The Balaban J connectivity index is 2.48. The van der Waals surface area contributed by atoms with Gasteiger partial charge in [-0.15, -0.1) is 0 Å². The predicted octanol–water partition coefficient (Wildman–Crippen LogP) is 2.05. The van der Waals surface area contributed by atoms with Crippen LogP contribution < -0.4 is 9.47 Å². The first kappa shape index (κ1) is 9.06. The van der Waals surface area contributed by atoms with Crippen LogP contribution in [0, 0.1) is 0 Å². The van der Waals surface area contributed by atoms with E-state index in [2.05, 4.69) is 0 Å². The van der Waals surface area contributed by atoms with Crippen molar-refractivity contribution in [3.8, 4) is 11.5 Å². The molecule has 1 aromatic rings. The van der Waals surface area contributed by atoms with Crippen molar-refractivity contribution in [2.75, 3.05) is 6.61 Å². The minimum Gasteiger partial charge on any atom is -0.486 e. The Bertz CT molecular complexity index is 369. The number of rotatable bonds is 1. The van der Waals surface area contributed by atoms with E-state index in [4.69, 9.17) is 9.47 Å². The van der Waals surface area contributed by atoms with Crippen LogP contribution in [0.5, 0.6) is 11.5 Å². The van der Waals surface area contributed by atoms with Gasteiger partial charge in [0.05, 0.1) is 5.56 Å². The Hall–Kier alpha value is -1.51. The predicted molar refractivity (Wildman–Crippen MR) is 52.0 cm³/mol. The molecule has 0 aliphatic carbocycles. The maximum absolute atomic E-state index is 10.8. The molecular weight excluding hydrogens is 180 g/mol. The lowest BCUT2D eigenvalue weighted by Crippen LogP contribution is -2.39. The van der Waals surface area contributed by atoms with Gasteiger partial charge in [-0.3, -0.25) is 4.79 Å². The van der Waals surface area contributed by atoms with E-state index in [9.17, 15) is 4.79 Å². The van der Waals surface area contributed by atoms with Gasteiger partial charge in [0.25, 0.3) is 0 Å². The van der Waals surface area contributed by atoms with E-state index >= 15 is 0 Å². The minimum atomic E-state index is -0.369. The van der Waals surface area contributed by atoms with Crippen molar-refractivity contribution in [2.24, 2.45) is 0 Å². The quantitative estimate of drug-likeness (QED) is 0.639. The van der Waals surface area contributed by atoms with Crippen LogP contribution in [0.4, 0.5) is 0 Å². The lowest BCUT2D eigenvalue weighted by molar-refractivity contribution is 0.0206. The van der Waals surface area contributed by atoms with Crippen molar-refractivity contribution in [3.05, 3.63) is 23.8 Å². The van der Waals surface area contributed by atoms with Crippen LogP contribution in [0.3, 0.4) is 0 Å². The summed E-state index contributed by atoms with van der Waals surface area (Å²) in [6.45, 7) is 4.36. The molecule has 1 aliphatic heterocycles. The summed E-state index contributed by atoms with van der Waals surface area (Å²) < 4.78 is 11.2. The molecule has 0 saturated carbocycles. The summed E-state index contributed by atoms with van der Waals surface area (Å²) in [5.41, 5.74) is 0.168. The smallest absolute Gasteiger partial charge is 0.172 e. The third-order valence-corrected chi connectivity index (χ3v) is 2.09. The number of benzene rings is 1. The molecule has 1 aromatic carbocycles. The summed E-state index contributed by atoms with van der Waals surface area (Å²) in [7, 11) is 0. The van der Waals surface area contributed by atoms with Crippen molar-refractivity contribution < 1.29 is 14.3 Å². The first-order valence-corrected chi connectivity index (χ1v) is 4.52. The lowest BCUT2D eigenvalue weighted by atomic mass is 10.1. The second-order valence-electron chi connectivity index (χ2n) is 3.94. The second kappa shape index (κ2) is 3.01. The van der Waals surface area contributed by atoms with Crippen LogP contribution in [0.25, 0.3) is 0 Å². The molecule has 0 radical (unpaired) electrons. The normalized spacial score (nSPS) is 17.6. The highest BCUT2D eigenvalue weighted by Gasteiger charge is 2.29. The van der Waals surface area contributed by atoms with Gasteiger partial charge in [0.1, 0.15) is 12.2 Å². The number of aldehydes is 1. The lowest BCUT2D eigenvalue weighted by Gasteiger charge is -2.32. The van der Waals surface area contributed by atoms with Gasteiger partial charge in [0.2, 0.25) is 0 Å². The molecular formula is C11H12O3. The zero-order valence-corrected chi connectivity index (χ0v) is 8.24. The monoisotopic (exact) mass is 192 g/mol. The fraction of sp³-hybridized carbons (Fsp3) is 0.364. The van der Waals surface area contributed by atoms with Gasteiger partial charge >= 0.3 is 0 Å². The first-order chi connectivity index (χ1) is 6.62. The van der Waals surface area contributed by atoms with Crippen LogP contribution in [0.1, 0.15) is 24.2 Å². The number of hydrogen-bond donors (Lipinski definition) is 0. The van der Waals surface area contributed by atoms with E-state index in [1.807, 2.05) is 13.8 Å². The van der Waals surface area contributed by atoms with Crippen molar-refractivity contribution in [1.82, 2.24) is 0 Å². The summed E-state index contributed by atoms with van der Waals surface area (Å²) >= 11 is 0. The van der Waals surface area contributed by atoms with E-state index in [1.165, 1.54) is 0 Å². The zero-order chi connectivity index (χ0) is 10.2. The molecule has 3 nitrogen and oxygen atoms in total. The van der Waals surface area contributed by atoms with E-state index in [0.29, 0.717) is 23.7 Å². The number of fused-ring (bicyclic) bond motifs is 1. The van der Waals surface area contributed by atoms with Gasteiger partial charge in [0, 0.05) is 0 Å². The minimum absolute atomic E-state index is 0.369. The van der Waals surface area contributed by atoms with E-state index in [0.717, 1.165) is 6.29 Å². The number of ether oxygens (including phenoxy) is 2. The number of carbonyl (C=O) groups excluding carboxylic acids is 1. The summed E-state index contributed by atoms with van der Waals surface area (Å²) in [5.74, 6) is 1.20. The molecule has 0 fully saturated rings. The van der Waals surface area contributed by atoms with Gasteiger partial charge in [0.15, 0.2) is 17.8 Å². The largest absolute Gasteiger partial charge is 0.486 e. The Labute approximate surface area is 82.6 Å². The van der Waals surface area contributed by atoms with E-state index in [-0.39, 0.29) is 5.60 Å². The molecule has 14 heavy (non-hydrogen) atoms. The van der Waals surface area contributed by atoms with Gasteiger partial charge in [-0.05, 0) is 26.0 Å². The molecule has 0 spiro atoms. The highest BCUT2D eigenvalue weighted by atomic mass is 16.6. The molecule has 0 atom stereocenters. The molecule has 0 aromatic heterocycles. The molecule has 0 saturated heterocycles. The summed E-state index contributed by atoms with van der Waals surface area (Å²) in [6, 6.07) is 5.30. The van der Waals surface area contributed by atoms with Crippen LogP contribution >= 0.6 is 0 Å². The molecule has 0 N–H and O–H groups in total. The zero-order valence-electron chi connectivity index (χ0n) is 8.24. The topological polar surface area (TPSA) is 35.5 Å². The Morgan fingerprint density at radius 3 is 2.93 bits per heavy atom. The van der Waals surface area contributed by atoms with Gasteiger partial charge in [-0.2, -0.15) is 0 Å². The molecule has 3 heteroatoms. The third-order valence-electron chi connectivity index (χ3n) is 2.09. The first-order valence-electron chi connectivity index (χ1n) is 4.52. The summed E-state index contributed by atoms with van der Waals surface area (Å²) in [6.07, 6.45) is 0.781. The summed E-state index contributed by atoms with van der Waals surface area (Å²) in [5, 5.41) is 0. The SMILES string of the molecule is CC1(C)COc2cccc(C=O)c2O1. The second-order valence-corrected chi connectivity index (χ2v) is 3.94. The maximum atomic E-state index is 10.8. The molecule has 0 bridgehead atoms. The van der Waals surface area contributed by atoms with Crippen molar-refractivity contribution in [2.45, 2.75) is 19.4 Å². The maximum Gasteiger partial charge on any atom is 0.172 e. The Morgan fingerprint density at radius 2 is 2.21 bits per heavy atom. The third kappa shape index (κ3) is 1.45. The summed E-state index contributed by atoms with van der Waals surface area (Å²) in [4.78, 5) is 10.8. The van der Waals surface area contributed by atoms with Crippen molar-refractivity contribution >= 4 is 6.29 Å². The van der Waals surface area contributed by atoms with Crippen LogP contribution in [0.2, 0.25) is 0 Å². The van der Waals surface area contributed by atoms with Gasteiger partial charge in [-0.1, -0.05) is 6.07 Å². The highest BCUT2D eigenvalue weighted by Crippen LogP contribution is 2.37. The van der Waals surface area contributed by atoms with Gasteiger partial charge < -0.3 is 9.47 Å². The average Bonchev–Trinajstić information content (AvgIpc) is 2.15.